The van der Waals surface area contributed by atoms with Gasteiger partial charge in [0.25, 0.3) is 5.91 Å². The molecule has 0 aliphatic rings. The van der Waals surface area contributed by atoms with Gasteiger partial charge in [-0.2, -0.15) is 11.7 Å². The van der Waals surface area contributed by atoms with E-state index < -0.39 is 42.3 Å². The van der Waals surface area contributed by atoms with E-state index in [9.17, 15) is 33.6 Å². The number of nitriles is 1. The van der Waals surface area contributed by atoms with E-state index in [4.69, 9.17) is 32.3 Å². The summed E-state index contributed by atoms with van der Waals surface area (Å²) in [6.07, 6.45) is 2.98. The van der Waals surface area contributed by atoms with E-state index in [0.717, 1.165) is 22.2 Å². The standard InChI is InChI=1S/C28H22N6O4.C12H10N2O.C10H10N4O3.C8H9NO2.C7H6N2.2C7H8.C5H4BrN.C4H9.Li/c35-25(23-15-8-9-17-29-23)20-12-4-5-13-21(20)30-27(36)26(34-24-16-7-6-14-22(24)32-33-34)31-28(37)38-18-19-10-2-1-3-11-19;13-10-6-2-1-5-9(10)12(15)11-7-3-4-8-14-11;1-6(15)11-9(10(16)17)14-8-5-3-2-4-7(8)12-13-14;9-8(10)11-6-7-4-2-1-3-5-7;8-5-6-3-1-2-4-7(6)9;2*1-7-5-3-2-4-6-7;6-5-3-1-2-4-7-5;1-3-4-2;/h1-17,26H,18H2,(H,30,36)(H,31,37);1-8H,13H2;2-5,9H,1H3,(H,11,15)(H,16,17);1-5H,6H2,(H2,9,10);1-4H,9H2;2*2-6H,1H3;1-4H;1,3-4H2,2H3;/q;;;;;;;;-1;+1. The van der Waals surface area contributed by atoms with Gasteiger partial charge in [-0.1, -0.05) is 235 Å². The van der Waals surface area contributed by atoms with Gasteiger partial charge in [0, 0.05) is 48.0 Å². The van der Waals surface area contributed by atoms with Gasteiger partial charge in [0.1, 0.15) is 46.3 Å². The second-order valence-corrected chi connectivity index (χ2v) is 24.7. The molecule has 0 saturated carbocycles. The summed E-state index contributed by atoms with van der Waals surface area (Å²) in [4.78, 5) is 95.5. The summed E-state index contributed by atoms with van der Waals surface area (Å²) in [6, 6.07) is 91.4. The number of rotatable bonds is 16. The zero-order valence-corrected chi connectivity index (χ0v) is 66.0. The largest absolute Gasteiger partial charge is 1.00 e. The number of aryl methyl sites for hydroxylation is 2. The molecule has 28 heteroatoms. The van der Waals surface area contributed by atoms with E-state index in [2.05, 4.69) is 124 Å². The average Bonchev–Trinajstić information content (AvgIpc) is 1.59. The number of nitrogens with two attached hydrogens (primary N) is 3. The Labute approximate surface area is 692 Å². The van der Waals surface area contributed by atoms with Crippen molar-refractivity contribution >= 4 is 96.6 Å². The first kappa shape index (κ1) is 92.3. The number of aromatic nitrogens is 9. The van der Waals surface area contributed by atoms with Crippen LogP contribution in [-0.2, 0) is 37.1 Å². The molecule has 14 rings (SSSR count). The summed E-state index contributed by atoms with van der Waals surface area (Å²) in [5, 5.41) is 40.8. The summed E-state index contributed by atoms with van der Waals surface area (Å²) < 4.78 is 13.2. The number of ketones is 2. The second-order valence-electron chi connectivity index (χ2n) is 23.9. The Morgan fingerprint density at radius 3 is 1.31 bits per heavy atom. The number of aliphatic carboxylic acids is 1. The van der Waals surface area contributed by atoms with E-state index in [1.54, 1.807) is 170 Å². The molecule has 14 aromatic rings. The van der Waals surface area contributed by atoms with Crippen molar-refractivity contribution in [2.75, 3.05) is 16.8 Å². The molecule has 2 unspecified atom stereocenters. The van der Waals surface area contributed by atoms with Crippen molar-refractivity contribution in [2.45, 2.75) is 66.1 Å². The molecule has 116 heavy (non-hydrogen) atoms. The van der Waals surface area contributed by atoms with Crippen molar-refractivity contribution in [3.05, 3.63) is 378 Å². The summed E-state index contributed by atoms with van der Waals surface area (Å²) in [7, 11) is 0. The monoisotopic (exact) mass is 1610 g/mol. The van der Waals surface area contributed by atoms with Crippen LogP contribution in [0.1, 0.15) is 98.9 Å². The fraction of sp³-hybridized carbons (Fsp3) is 0.114. The minimum Gasteiger partial charge on any atom is -0.478 e. The van der Waals surface area contributed by atoms with Gasteiger partial charge in [-0.3, -0.25) is 34.5 Å². The molecule has 586 valence electrons. The van der Waals surface area contributed by atoms with Crippen LogP contribution in [0.5, 0.6) is 0 Å². The smallest absolute Gasteiger partial charge is 0.478 e. The molecule has 0 bridgehead atoms. The van der Waals surface area contributed by atoms with Crippen molar-refractivity contribution in [1.82, 2.24) is 55.6 Å². The number of benzene rings is 9. The predicted molar refractivity (Wildman–Crippen MR) is 447 cm³/mol. The predicted octanol–water partition coefficient (Wildman–Crippen LogP) is 13.0. The molecule has 5 heterocycles. The van der Waals surface area contributed by atoms with Gasteiger partial charge < -0.3 is 49.3 Å². The maximum atomic E-state index is 13.6. The summed E-state index contributed by atoms with van der Waals surface area (Å²) in [5.41, 5.74) is 25.6. The zero-order valence-electron chi connectivity index (χ0n) is 64.4. The number of halogens is 1. The third-order valence-corrected chi connectivity index (χ3v) is 15.6. The van der Waals surface area contributed by atoms with Crippen LogP contribution in [0, 0.1) is 32.1 Å². The van der Waals surface area contributed by atoms with E-state index in [1.807, 2.05) is 121 Å². The third kappa shape index (κ3) is 32.9. The number of anilines is 3. The topological polar surface area (TPSA) is 396 Å². The number of carbonyl (C=O) groups is 7. The Balaban J connectivity index is 0.000000257. The number of carboxylic acid groups (broad SMARTS) is 1. The Bertz CT molecular complexity index is 5240. The summed E-state index contributed by atoms with van der Waals surface area (Å²) in [6.45, 7) is 11.4. The van der Waals surface area contributed by atoms with Gasteiger partial charge in [-0.05, 0) is 138 Å². The number of carboxylic acids is 1. The van der Waals surface area contributed by atoms with Crippen LogP contribution < -0.4 is 52.0 Å². The number of fused-ring (bicyclic) bond motifs is 2. The number of primary amides is 1. The van der Waals surface area contributed by atoms with Crippen molar-refractivity contribution in [1.29, 1.82) is 5.26 Å². The Morgan fingerprint density at radius 1 is 0.509 bits per heavy atom. The van der Waals surface area contributed by atoms with Crippen LogP contribution in [0.25, 0.3) is 22.1 Å². The van der Waals surface area contributed by atoms with Crippen LogP contribution in [0.3, 0.4) is 0 Å². The third-order valence-electron chi connectivity index (χ3n) is 15.1. The first-order valence-corrected chi connectivity index (χ1v) is 36.3. The maximum absolute atomic E-state index is 13.6. The van der Waals surface area contributed by atoms with E-state index >= 15 is 0 Å². The van der Waals surface area contributed by atoms with Gasteiger partial charge in [0.2, 0.25) is 29.8 Å². The van der Waals surface area contributed by atoms with Gasteiger partial charge >= 0.3 is 37.0 Å². The minimum absolute atomic E-state index is 0. The molecule has 0 fully saturated rings. The number of carbonyl (C=O) groups excluding carboxylic acids is 6. The van der Waals surface area contributed by atoms with Crippen molar-refractivity contribution in [3.8, 4) is 6.07 Å². The molecular formula is C88H86BrLiN16O10. The van der Waals surface area contributed by atoms with Gasteiger partial charge in [-0.15, -0.1) is 10.2 Å². The fourth-order valence-corrected chi connectivity index (χ4v) is 9.66. The zero-order chi connectivity index (χ0) is 83.0. The molecule has 0 radical (unpaired) electrons. The van der Waals surface area contributed by atoms with E-state index in [0.29, 0.717) is 50.3 Å². The number of ether oxygens (including phenoxy) is 2. The van der Waals surface area contributed by atoms with Crippen molar-refractivity contribution in [3.63, 3.8) is 0 Å². The molecule has 9 aromatic carbocycles. The summed E-state index contributed by atoms with van der Waals surface area (Å²) in [5.74, 6) is -2.81. The molecule has 5 aromatic heterocycles. The first-order chi connectivity index (χ1) is 55.7. The van der Waals surface area contributed by atoms with Crippen LogP contribution in [0.4, 0.5) is 26.7 Å². The van der Waals surface area contributed by atoms with Crippen LogP contribution >= 0.6 is 15.9 Å². The normalized spacial score (nSPS) is 10.2. The number of nitrogens with one attached hydrogen (secondary N) is 3. The molecule has 0 aliphatic carbocycles. The van der Waals surface area contributed by atoms with Crippen LogP contribution in [0.2, 0.25) is 0 Å². The number of alkyl carbamates (subject to hydrolysis) is 1. The van der Waals surface area contributed by atoms with Crippen LogP contribution in [0.15, 0.2) is 320 Å². The molecular weight excluding hydrogens is 1530 g/mol. The number of amides is 4. The number of nitrogens with zero attached hydrogens (tertiary/aromatic N) is 10. The first-order valence-electron chi connectivity index (χ1n) is 35.5. The van der Waals surface area contributed by atoms with Gasteiger partial charge in [0.15, 0.2) is 0 Å². The average molecular weight is 1610 g/mol. The minimum atomic E-state index is -1.33. The Hall–Kier alpha value is -14.3. The number of para-hydroxylation sites is 5. The molecule has 0 aliphatic heterocycles. The quantitative estimate of drug-likeness (QED) is 0.0155. The second kappa shape index (κ2) is 52.0. The molecule has 2 atom stereocenters. The number of hydrogen-bond donors (Lipinski definition) is 7. The fourth-order valence-electron chi connectivity index (χ4n) is 9.39. The molecule has 0 spiro atoms. The molecule has 0 saturated heterocycles. The number of pyridine rings is 3. The maximum Gasteiger partial charge on any atom is 1.00 e. The van der Waals surface area contributed by atoms with Gasteiger partial charge in [0.05, 0.1) is 22.3 Å². The molecule has 4 amide bonds. The molecule has 26 nitrogen and oxygen atoms in total. The molecule has 10 N–H and O–H groups in total. The van der Waals surface area contributed by atoms with Crippen molar-refractivity contribution in [2.24, 2.45) is 5.73 Å². The SMILES string of the molecule is Brc1ccccn1.CC(=O)NC(C(=O)O)n1nnc2ccccc21.Cc1ccccc1.Cc1ccccc1.N#Cc1ccccc1N.NC(=O)OCc1ccccc1.Nc1ccccc1C(=O)c1ccccn1.O=C(NC(C(=O)Nc1ccccc1C(=O)c1ccccn1)n1nnc2ccccc21)OCc1ccccc1.[CH2-]CCC.[Li+]. The van der Waals surface area contributed by atoms with E-state index in [1.165, 1.54) is 40.0 Å². The van der Waals surface area contributed by atoms with Crippen LogP contribution in [-0.4, -0.2) is 91.6 Å². The summed E-state index contributed by atoms with van der Waals surface area (Å²) >= 11 is 3.20. The van der Waals surface area contributed by atoms with E-state index in [-0.39, 0.29) is 60.6 Å². The van der Waals surface area contributed by atoms with Gasteiger partial charge in [-0.25, -0.2) is 28.7 Å². The number of nitrogen functional groups attached to an aromatic ring is 2. The number of hydrogen-bond acceptors (Lipinski definition) is 19. The Kier molecular flexibility index (Phi) is 41.4. The Morgan fingerprint density at radius 2 is 0.914 bits per heavy atom. The van der Waals surface area contributed by atoms with Crippen molar-refractivity contribution < 1.29 is 67.0 Å². The number of unbranched alkanes of at least 4 members (excludes halogenated alkanes) is 1.